The first-order chi connectivity index (χ1) is 9.78. The number of nitrogens with two attached hydrogens (primary N) is 1. The molecule has 1 aromatic rings. The molecule has 1 aliphatic heterocycles. The van der Waals surface area contributed by atoms with Crippen LogP contribution in [0.15, 0.2) is 23.2 Å². The number of rotatable bonds is 4. The first-order valence-electron chi connectivity index (χ1n) is 7.04. The van der Waals surface area contributed by atoms with Crippen LogP contribution in [0.3, 0.4) is 0 Å². The Morgan fingerprint density at radius 3 is 2.48 bits per heavy atom. The van der Waals surface area contributed by atoms with E-state index in [-0.39, 0.29) is 15.3 Å². The molecule has 0 aromatic carbocycles. The molecule has 1 fully saturated rings. The van der Waals surface area contributed by atoms with Gasteiger partial charge >= 0.3 is 0 Å². The van der Waals surface area contributed by atoms with Gasteiger partial charge in [-0.15, -0.1) is 0 Å². The van der Waals surface area contributed by atoms with Crippen LogP contribution in [-0.4, -0.2) is 35.8 Å². The van der Waals surface area contributed by atoms with Crippen molar-refractivity contribution in [2.75, 3.05) is 13.1 Å². The minimum atomic E-state index is -3.48. The smallest absolute Gasteiger partial charge is 0.244 e. The highest BCUT2D eigenvalue weighted by atomic mass is 32.2. The van der Waals surface area contributed by atoms with Crippen LogP contribution in [0.4, 0.5) is 0 Å². The van der Waals surface area contributed by atoms with E-state index < -0.39 is 10.0 Å². The topological polar surface area (TPSA) is 76.3 Å². The van der Waals surface area contributed by atoms with Crippen LogP contribution >= 0.6 is 12.2 Å². The summed E-state index contributed by atoms with van der Waals surface area (Å²) in [6, 6.07) is 3.07. The van der Waals surface area contributed by atoms with E-state index in [4.69, 9.17) is 18.0 Å². The minimum Gasteiger partial charge on any atom is -0.388 e. The van der Waals surface area contributed by atoms with E-state index in [1.165, 1.54) is 12.3 Å². The summed E-state index contributed by atoms with van der Waals surface area (Å²) in [6.45, 7) is 5.49. The predicted molar refractivity (Wildman–Crippen MR) is 86.5 cm³/mol. The van der Waals surface area contributed by atoms with Crippen molar-refractivity contribution < 1.29 is 8.42 Å². The molecule has 0 unspecified atom stereocenters. The Balaban J connectivity index is 2.17. The molecule has 2 N–H and O–H groups in total. The summed E-state index contributed by atoms with van der Waals surface area (Å²) in [4.78, 5) is 4.37. The maximum absolute atomic E-state index is 12.6. The van der Waals surface area contributed by atoms with Gasteiger partial charge in [-0.2, -0.15) is 4.31 Å². The summed E-state index contributed by atoms with van der Waals surface area (Å²) in [5.74, 6) is 0. The summed E-state index contributed by atoms with van der Waals surface area (Å²) >= 11 is 4.82. The van der Waals surface area contributed by atoms with E-state index in [0.29, 0.717) is 18.8 Å². The monoisotopic (exact) mass is 327 g/mol. The minimum absolute atomic E-state index is 0.163. The average molecular weight is 327 g/mol. The molecule has 0 radical (unpaired) electrons. The van der Waals surface area contributed by atoms with Crippen molar-refractivity contribution in [3.05, 3.63) is 24.0 Å². The number of pyridine rings is 1. The number of nitrogens with zero attached hydrogens (tertiary/aromatic N) is 2. The average Bonchev–Trinajstić information content (AvgIpc) is 2.48. The summed E-state index contributed by atoms with van der Waals surface area (Å²) < 4.78 is 26.7. The van der Waals surface area contributed by atoms with Gasteiger partial charge in [0, 0.05) is 19.3 Å². The van der Waals surface area contributed by atoms with Gasteiger partial charge in [-0.25, -0.2) is 8.42 Å². The fraction of sp³-hybridized carbons (Fsp3) is 0.571. The lowest BCUT2D eigenvalue weighted by Crippen LogP contribution is -2.41. The molecule has 21 heavy (non-hydrogen) atoms. The maximum atomic E-state index is 12.6. The first kappa shape index (κ1) is 16.3. The second-order valence-electron chi connectivity index (χ2n) is 5.81. The molecule has 7 heteroatoms. The molecule has 1 aromatic heterocycles. The van der Waals surface area contributed by atoms with Gasteiger partial charge < -0.3 is 5.73 Å². The Hall–Kier alpha value is -1.05. The summed E-state index contributed by atoms with van der Waals surface area (Å²) in [5.41, 5.74) is 6.15. The molecule has 0 spiro atoms. The third-order valence-electron chi connectivity index (χ3n) is 4.41. The van der Waals surface area contributed by atoms with Gasteiger partial charge in [0.1, 0.15) is 9.88 Å². The molecule has 0 amide bonds. The van der Waals surface area contributed by atoms with Crippen molar-refractivity contribution in [1.29, 1.82) is 0 Å². The number of piperidine rings is 1. The molecule has 2 heterocycles. The van der Waals surface area contributed by atoms with Crippen LogP contribution < -0.4 is 5.73 Å². The zero-order valence-electron chi connectivity index (χ0n) is 12.4. The van der Waals surface area contributed by atoms with E-state index in [0.717, 1.165) is 19.3 Å². The van der Waals surface area contributed by atoms with Crippen molar-refractivity contribution in [1.82, 2.24) is 9.29 Å². The van der Waals surface area contributed by atoms with Gasteiger partial charge in [0.15, 0.2) is 0 Å². The third kappa shape index (κ3) is 3.41. The Bertz CT molecular complexity index is 618. The quantitative estimate of drug-likeness (QED) is 0.855. The lowest BCUT2D eigenvalue weighted by molar-refractivity contribution is 0.169. The van der Waals surface area contributed by atoms with E-state index in [9.17, 15) is 8.42 Å². The van der Waals surface area contributed by atoms with Gasteiger partial charge in [-0.1, -0.05) is 32.5 Å². The fourth-order valence-electron chi connectivity index (χ4n) is 2.45. The van der Waals surface area contributed by atoms with Crippen LogP contribution in [0.5, 0.6) is 0 Å². The molecular formula is C14H21N3O2S2. The maximum Gasteiger partial charge on any atom is 0.244 e. The molecular weight excluding hydrogens is 306 g/mol. The second kappa shape index (κ2) is 5.98. The Morgan fingerprint density at radius 2 is 2.05 bits per heavy atom. The highest BCUT2D eigenvalue weighted by molar-refractivity contribution is 7.89. The van der Waals surface area contributed by atoms with Crippen molar-refractivity contribution in [3.63, 3.8) is 0 Å². The molecule has 5 nitrogen and oxygen atoms in total. The zero-order valence-corrected chi connectivity index (χ0v) is 14.0. The lowest BCUT2D eigenvalue weighted by Gasteiger charge is -2.38. The lowest BCUT2D eigenvalue weighted by atomic mass is 9.79. The normalized spacial score (nSPS) is 19.3. The molecule has 0 saturated carbocycles. The SMILES string of the molecule is CCC1(C)CCN(S(=O)(=O)c2ccc(C(N)=S)nc2)CC1. The molecule has 0 aliphatic carbocycles. The van der Waals surface area contributed by atoms with Crippen LogP contribution in [0.25, 0.3) is 0 Å². The molecule has 116 valence electrons. The van der Waals surface area contributed by atoms with Gasteiger partial charge in [0.05, 0.1) is 5.69 Å². The summed E-state index contributed by atoms with van der Waals surface area (Å²) in [5, 5.41) is 0. The van der Waals surface area contributed by atoms with E-state index in [1.54, 1.807) is 10.4 Å². The van der Waals surface area contributed by atoms with Gasteiger partial charge in [0.25, 0.3) is 0 Å². The number of hydrogen-bond donors (Lipinski definition) is 1. The first-order valence-corrected chi connectivity index (χ1v) is 8.89. The van der Waals surface area contributed by atoms with Crippen LogP contribution in [0.2, 0.25) is 0 Å². The van der Waals surface area contributed by atoms with E-state index in [1.807, 2.05) is 0 Å². The second-order valence-corrected chi connectivity index (χ2v) is 8.19. The Morgan fingerprint density at radius 1 is 1.43 bits per heavy atom. The molecule has 1 saturated heterocycles. The van der Waals surface area contributed by atoms with Crippen molar-refractivity contribution >= 4 is 27.2 Å². The van der Waals surface area contributed by atoms with Crippen LogP contribution in [-0.2, 0) is 10.0 Å². The number of aromatic nitrogens is 1. The zero-order chi connectivity index (χ0) is 15.7. The highest BCUT2D eigenvalue weighted by Crippen LogP contribution is 2.35. The van der Waals surface area contributed by atoms with Crippen LogP contribution in [0, 0.1) is 5.41 Å². The van der Waals surface area contributed by atoms with Crippen molar-refractivity contribution in [3.8, 4) is 0 Å². The molecule has 0 bridgehead atoms. The van der Waals surface area contributed by atoms with Gasteiger partial charge in [-0.05, 0) is 30.4 Å². The van der Waals surface area contributed by atoms with Gasteiger partial charge in [0.2, 0.25) is 10.0 Å². The van der Waals surface area contributed by atoms with Crippen LogP contribution in [0.1, 0.15) is 38.8 Å². The van der Waals surface area contributed by atoms with Gasteiger partial charge in [-0.3, -0.25) is 4.98 Å². The third-order valence-corrected chi connectivity index (χ3v) is 6.50. The van der Waals surface area contributed by atoms with Crippen molar-refractivity contribution in [2.45, 2.75) is 38.0 Å². The molecule has 0 atom stereocenters. The predicted octanol–water partition coefficient (Wildman–Crippen LogP) is 1.92. The summed E-state index contributed by atoms with van der Waals surface area (Å²) in [6.07, 6.45) is 4.19. The Labute approximate surface area is 131 Å². The Kier molecular flexibility index (Phi) is 4.65. The number of hydrogen-bond acceptors (Lipinski definition) is 4. The molecule has 1 aliphatic rings. The fourth-order valence-corrected chi connectivity index (χ4v) is 3.96. The molecule has 2 rings (SSSR count). The largest absolute Gasteiger partial charge is 0.388 e. The van der Waals surface area contributed by atoms with Crippen molar-refractivity contribution in [2.24, 2.45) is 11.1 Å². The number of sulfonamides is 1. The number of thiocarbonyl (C=S) groups is 1. The standard InChI is InChI=1S/C14H21N3O2S2/c1-3-14(2)6-8-17(9-7-14)21(18,19)11-4-5-12(13(15)20)16-10-11/h4-5,10H,3,6-9H2,1-2H3,(H2,15,20). The summed E-state index contributed by atoms with van der Waals surface area (Å²) in [7, 11) is -3.48. The van der Waals surface area contributed by atoms with E-state index in [2.05, 4.69) is 18.8 Å². The van der Waals surface area contributed by atoms with E-state index >= 15 is 0 Å². The highest BCUT2D eigenvalue weighted by Gasteiger charge is 2.34.